The van der Waals surface area contributed by atoms with Gasteiger partial charge < -0.3 is 20.3 Å². The van der Waals surface area contributed by atoms with Crippen LogP contribution in [0.4, 0.5) is 0 Å². The predicted octanol–water partition coefficient (Wildman–Crippen LogP) is 1.44. The van der Waals surface area contributed by atoms with E-state index in [0.717, 1.165) is 10.9 Å². The number of carboxylic acid groups (broad SMARTS) is 1. The Morgan fingerprint density at radius 2 is 2.05 bits per heavy atom. The second-order valence-corrected chi connectivity index (χ2v) is 4.49. The van der Waals surface area contributed by atoms with Gasteiger partial charge in [0.2, 0.25) is 0 Å². The van der Waals surface area contributed by atoms with Crippen molar-refractivity contribution in [3.63, 3.8) is 0 Å². The van der Waals surface area contributed by atoms with Gasteiger partial charge in [0.1, 0.15) is 11.8 Å². The molecule has 0 radical (unpaired) electrons. The molecule has 0 spiro atoms. The van der Waals surface area contributed by atoms with E-state index >= 15 is 0 Å². The van der Waals surface area contributed by atoms with E-state index in [9.17, 15) is 9.90 Å². The van der Waals surface area contributed by atoms with Gasteiger partial charge in [-0.2, -0.15) is 0 Å². The molecule has 1 atom stereocenters. The van der Waals surface area contributed by atoms with Crippen LogP contribution in [0.1, 0.15) is 22.3 Å². The van der Waals surface area contributed by atoms with Crippen LogP contribution in [0.5, 0.6) is 0 Å². The summed E-state index contributed by atoms with van der Waals surface area (Å²) in [6, 6.07) is 8.87. The number of aromatic nitrogens is 2. The number of H-pyrrole nitrogens is 1. The number of benzene rings is 1. The van der Waals surface area contributed by atoms with E-state index in [4.69, 9.17) is 10.2 Å². The second-order valence-electron chi connectivity index (χ2n) is 4.49. The molecule has 0 saturated carbocycles. The van der Waals surface area contributed by atoms with E-state index in [-0.39, 0.29) is 11.4 Å². The summed E-state index contributed by atoms with van der Waals surface area (Å²) in [5.41, 5.74) is 1.33. The smallest absolute Gasteiger partial charge is 0.354 e. The number of hydrogen-bond donors (Lipinski definition) is 4. The fourth-order valence-corrected chi connectivity index (χ4v) is 2.31. The fourth-order valence-electron chi connectivity index (χ4n) is 2.31. The molecular weight excluding hydrogens is 260 g/mol. The molecule has 0 saturated heterocycles. The molecule has 6 heteroatoms. The van der Waals surface area contributed by atoms with Gasteiger partial charge in [-0.25, -0.2) is 9.78 Å². The molecule has 20 heavy (non-hydrogen) atoms. The molecule has 3 aromatic rings. The van der Waals surface area contributed by atoms with Gasteiger partial charge in [0.05, 0.1) is 17.8 Å². The zero-order chi connectivity index (χ0) is 14.3. The van der Waals surface area contributed by atoms with Crippen LogP contribution < -0.4 is 0 Å². The minimum absolute atomic E-state index is 0.138. The summed E-state index contributed by atoms with van der Waals surface area (Å²) in [4.78, 5) is 18.2. The Labute approximate surface area is 113 Å². The molecule has 2 aromatic heterocycles. The third kappa shape index (κ3) is 1.82. The summed E-state index contributed by atoms with van der Waals surface area (Å²) in [6.45, 7) is -0.527. The topological polar surface area (TPSA) is 106 Å². The molecule has 6 nitrogen and oxygen atoms in total. The minimum atomic E-state index is -1.23. The number of aliphatic hydroxyl groups is 2. The van der Waals surface area contributed by atoms with Crippen molar-refractivity contribution in [3.8, 4) is 0 Å². The zero-order valence-corrected chi connectivity index (χ0v) is 10.4. The molecule has 0 amide bonds. The van der Waals surface area contributed by atoms with Crippen LogP contribution in [-0.4, -0.2) is 37.9 Å². The Balaban J connectivity index is 2.43. The van der Waals surface area contributed by atoms with Gasteiger partial charge in [-0.3, -0.25) is 0 Å². The van der Waals surface area contributed by atoms with E-state index in [1.165, 1.54) is 6.07 Å². The number of rotatable bonds is 3. The largest absolute Gasteiger partial charge is 0.477 e. The van der Waals surface area contributed by atoms with Gasteiger partial charge in [-0.05, 0) is 12.1 Å². The minimum Gasteiger partial charge on any atom is -0.477 e. The SMILES string of the molecule is O=C(O)c1cc2c([nH]c3ccccc32)c(C(O)CO)n1. The van der Waals surface area contributed by atoms with Crippen LogP contribution in [0, 0.1) is 0 Å². The van der Waals surface area contributed by atoms with Crippen molar-refractivity contribution in [2.75, 3.05) is 6.61 Å². The lowest BCUT2D eigenvalue weighted by Crippen LogP contribution is -2.10. The van der Waals surface area contributed by atoms with Crippen molar-refractivity contribution >= 4 is 27.8 Å². The maximum atomic E-state index is 11.1. The summed E-state index contributed by atoms with van der Waals surface area (Å²) in [7, 11) is 0. The number of nitrogens with one attached hydrogen (secondary N) is 1. The summed E-state index contributed by atoms with van der Waals surface area (Å²) in [5, 5.41) is 29.6. The van der Waals surface area contributed by atoms with Crippen molar-refractivity contribution in [3.05, 3.63) is 41.7 Å². The van der Waals surface area contributed by atoms with Gasteiger partial charge in [0, 0.05) is 16.3 Å². The molecule has 0 bridgehead atoms. The number of nitrogens with zero attached hydrogens (tertiary/aromatic N) is 1. The highest BCUT2D eigenvalue weighted by Crippen LogP contribution is 2.30. The lowest BCUT2D eigenvalue weighted by atomic mass is 10.1. The maximum Gasteiger partial charge on any atom is 0.354 e. The standard InChI is InChI=1S/C14H12N2O4/c17-6-11(18)13-12-8(5-10(16-13)14(19)20)7-3-1-2-4-9(7)15-12/h1-5,11,15,17-18H,6H2,(H,19,20). The Morgan fingerprint density at radius 1 is 1.30 bits per heavy atom. The van der Waals surface area contributed by atoms with Crippen LogP contribution in [0.25, 0.3) is 21.8 Å². The summed E-state index contributed by atoms with van der Waals surface area (Å²) >= 11 is 0. The maximum absolute atomic E-state index is 11.1. The molecule has 1 unspecified atom stereocenters. The van der Waals surface area contributed by atoms with E-state index in [2.05, 4.69) is 9.97 Å². The molecule has 2 heterocycles. The first-order valence-corrected chi connectivity index (χ1v) is 6.05. The molecule has 0 fully saturated rings. The number of aromatic amines is 1. The average Bonchev–Trinajstić information content (AvgIpc) is 2.84. The highest BCUT2D eigenvalue weighted by Gasteiger charge is 2.19. The van der Waals surface area contributed by atoms with Crippen LogP contribution in [-0.2, 0) is 0 Å². The van der Waals surface area contributed by atoms with E-state index in [0.29, 0.717) is 10.9 Å². The number of carbonyl (C=O) groups is 1. The predicted molar refractivity (Wildman–Crippen MR) is 72.6 cm³/mol. The van der Waals surface area contributed by atoms with Gasteiger partial charge in [0.25, 0.3) is 0 Å². The molecule has 4 N–H and O–H groups in total. The molecule has 1 aromatic carbocycles. The van der Waals surface area contributed by atoms with Gasteiger partial charge in [0.15, 0.2) is 0 Å². The van der Waals surface area contributed by atoms with Crippen LogP contribution in [0.2, 0.25) is 0 Å². The van der Waals surface area contributed by atoms with Gasteiger partial charge in [-0.1, -0.05) is 18.2 Å². The normalized spacial score (nSPS) is 12.9. The molecular formula is C14H12N2O4. The highest BCUT2D eigenvalue weighted by atomic mass is 16.4. The third-order valence-corrected chi connectivity index (χ3v) is 3.23. The Hall–Kier alpha value is -2.44. The summed E-state index contributed by atoms with van der Waals surface area (Å²) in [6.07, 6.45) is -1.23. The van der Waals surface area contributed by atoms with E-state index < -0.39 is 18.7 Å². The van der Waals surface area contributed by atoms with Crippen molar-refractivity contribution in [2.45, 2.75) is 6.10 Å². The van der Waals surface area contributed by atoms with Crippen LogP contribution in [0.15, 0.2) is 30.3 Å². The number of pyridine rings is 1. The molecule has 102 valence electrons. The second kappa shape index (κ2) is 4.59. The monoisotopic (exact) mass is 272 g/mol. The summed E-state index contributed by atoms with van der Waals surface area (Å²) in [5.74, 6) is -1.18. The molecule has 0 aliphatic rings. The highest BCUT2D eigenvalue weighted by molar-refractivity contribution is 6.09. The molecule has 3 rings (SSSR count). The third-order valence-electron chi connectivity index (χ3n) is 3.23. The molecule has 0 aliphatic heterocycles. The van der Waals surface area contributed by atoms with E-state index in [1.54, 1.807) is 0 Å². The first-order chi connectivity index (χ1) is 9.61. The number of carboxylic acids is 1. The Bertz CT molecular complexity index is 809. The number of aromatic carboxylic acids is 1. The van der Waals surface area contributed by atoms with Gasteiger partial charge >= 0.3 is 5.97 Å². The summed E-state index contributed by atoms with van der Waals surface area (Å²) < 4.78 is 0. The molecule has 0 aliphatic carbocycles. The zero-order valence-electron chi connectivity index (χ0n) is 10.4. The van der Waals surface area contributed by atoms with Crippen molar-refractivity contribution in [1.82, 2.24) is 9.97 Å². The van der Waals surface area contributed by atoms with Crippen molar-refractivity contribution in [2.24, 2.45) is 0 Å². The van der Waals surface area contributed by atoms with E-state index in [1.807, 2.05) is 24.3 Å². The van der Waals surface area contributed by atoms with Crippen molar-refractivity contribution in [1.29, 1.82) is 0 Å². The Kier molecular flexibility index (Phi) is 2.89. The van der Waals surface area contributed by atoms with Gasteiger partial charge in [-0.15, -0.1) is 0 Å². The van der Waals surface area contributed by atoms with Crippen LogP contribution >= 0.6 is 0 Å². The first-order valence-electron chi connectivity index (χ1n) is 6.05. The number of fused-ring (bicyclic) bond motifs is 3. The number of aliphatic hydroxyl groups excluding tert-OH is 2. The fraction of sp³-hybridized carbons (Fsp3) is 0.143. The lowest BCUT2D eigenvalue weighted by molar-refractivity contribution is 0.0686. The average molecular weight is 272 g/mol. The quantitative estimate of drug-likeness (QED) is 0.577. The number of hydrogen-bond acceptors (Lipinski definition) is 4. The number of para-hydroxylation sites is 1. The van der Waals surface area contributed by atoms with Crippen molar-refractivity contribution < 1.29 is 20.1 Å². The van der Waals surface area contributed by atoms with Crippen LogP contribution in [0.3, 0.4) is 0 Å². The first kappa shape index (κ1) is 12.6. The lowest BCUT2D eigenvalue weighted by Gasteiger charge is -2.09. The Morgan fingerprint density at radius 3 is 2.75 bits per heavy atom.